The predicted octanol–water partition coefficient (Wildman–Crippen LogP) is 4.17. The van der Waals surface area contributed by atoms with Crippen molar-refractivity contribution in [3.8, 4) is 0 Å². The highest BCUT2D eigenvalue weighted by atomic mass is 35.5. The van der Waals surface area contributed by atoms with Gasteiger partial charge in [0.05, 0.1) is 16.1 Å². The van der Waals surface area contributed by atoms with Gasteiger partial charge in [-0.1, -0.05) is 47.5 Å². The topological polar surface area (TPSA) is 104 Å². The van der Waals surface area contributed by atoms with Crippen molar-refractivity contribution in [2.45, 2.75) is 25.3 Å². The van der Waals surface area contributed by atoms with E-state index in [2.05, 4.69) is 5.32 Å². The molecule has 0 radical (unpaired) electrons. The molecule has 0 spiro atoms. The molecule has 0 heterocycles. The fourth-order valence-corrected chi connectivity index (χ4v) is 4.80. The standard InChI is InChI=1S/C24H23ClN2O5S/c1-16-6-12-20(13-7-16)33(31,32)27(22-5-3-4-21(25)17(22)2)15-23(28)26-14-18-8-10-19(11-9-18)24(29)30/h3-13H,14-15H2,1-2H3,(H,26,28)(H,29,30). The molecule has 0 bridgehead atoms. The van der Waals surface area contributed by atoms with Crippen LogP contribution in [0.15, 0.2) is 71.6 Å². The molecular formula is C24H23ClN2O5S. The molecule has 3 rings (SSSR count). The number of benzene rings is 3. The number of carbonyl (C=O) groups excluding carboxylic acids is 1. The van der Waals surface area contributed by atoms with Crippen molar-refractivity contribution >= 4 is 39.2 Å². The van der Waals surface area contributed by atoms with Gasteiger partial charge in [0, 0.05) is 11.6 Å². The number of carboxylic acid groups (broad SMARTS) is 1. The number of aromatic carboxylic acids is 1. The number of carboxylic acids is 1. The minimum atomic E-state index is -4.05. The van der Waals surface area contributed by atoms with Crippen LogP contribution < -0.4 is 9.62 Å². The Morgan fingerprint density at radius 3 is 2.21 bits per heavy atom. The Labute approximate surface area is 197 Å². The minimum Gasteiger partial charge on any atom is -0.478 e. The molecule has 7 nitrogen and oxygen atoms in total. The number of carbonyl (C=O) groups is 2. The predicted molar refractivity (Wildman–Crippen MR) is 127 cm³/mol. The summed E-state index contributed by atoms with van der Waals surface area (Å²) in [6.45, 7) is 3.21. The second-order valence-electron chi connectivity index (χ2n) is 7.49. The number of sulfonamides is 1. The number of amides is 1. The van der Waals surface area contributed by atoms with Crippen LogP contribution in [-0.4, -0.2) is 31.9 Å². The van der Waals surface area contributed by atoms with Crippen molar-refractivity contribution in [2.24, 2.45) is 0 Å². The molecule has 33 heavy (non-hydrogen) atoms. The van der Waals surface area contributed by atoms with E-state index in [1.54, 1.807) is 49.4 Å². The smallest absolute Gasteiger partial charge is 0.335 e. The maximum Gasteiger partial charge on any atom is 0.335 e. The third-order valence-corrected chi connectivity index (χ3v) is 7.28. The first kappa shape index (κ1) is 24.3. The lowest BCUT2D eigenvalue weighted by Crippen LogP contribution is -2.41. The monoisotopic (exact) mass is 486 g/mol. The molecule has 0 aliphatic carbocycles. The summed E-state index contributed by atoms with van der Waals surface area (Å²) in [6.07, 6.45) is 0. The molecule has 0 saturated heterocycles. The molecule has 3 aromatic rings. The number of hydrogen-bond acceptors (Lipinski definition) is 4. The molecule has 0 saturated carbocycles. The van der Waals surface area contributed by atoms with Gasteiger partial charge in [0.1, 0.15) is 6.54 Å². The largest absolute Gasteiger partial charge is 0.478 e. The van der Waals surface area contributed by atoms with Crippen LogP contribution in [0.5, 0.6) is 0 Å². The number of aryl methyl sites for hydroxylation is 1. The molecule has 1 amide bonds. The highest BCUT2D eigenvalue weighted by Crippen LogP contribution is 2.30. The minimum absolute atomic E-state index is 0.0598. The van der Waals surface area contributed by atoms with Gasteiger partial charge in [0.25, 0.3) is 10.0 Å². The molecule has 0 atom stereocenters. The molecule has 0 aliphatic heterocycles. The van der Waals surface area contributed by atoms with Gasteiger partial charge in [-0.05, 0) is 61.4 Å². The summed E-state index contributed by atoms with van der Waals surface area (Å²) in [4.78, 5) is 23.8. The first-order valence-corrected chi connectivity index (χ1v) is 11.8. The molecule has 3 aromatic carbocycles. The average molecular weight is 487 g/mol. The van der Waals surface area contributed by atoms with E-state index in [0.717, 1.165) is 9.87 Å². The lowest BCUT2D eigenvalue weighted by Gasteiger charge is -2.26. The third-order valence-electron chi connectivity index (χ3n) is 5.09. The summed E-state index contributed by atoms with van der Waals surface area (Å²) in [7, 11) is -4.05. The third kappa shape index (κ3) is 5.71. The molecule has 0 fully saturated rings. The van der Waals surface area contributed by atoms with Gasteiger partial charge in [-0.25, -0.2) is 13.2 Å². The molecule has 9 heteroatoms. The fourth-order valence-electron chi connectivity index (χ4n) is 3.16. The fraction of sp³-hybridized carbons (Fsp3) is 0.167. The summed E-state index contributed by atoms with van der Waals surface area (Å²) >= 11 is 6.22. The van der Waals surface area contributed by atoms with Crippen LogP contribution in [0.4, 0.5) is 5.69 Å². The van der Waals surface area contributed by atoms with E-state index < -0.39 is 28.4 Å². The number of nitrogens with one attached hydrogen (secondary N) is 1. The van der Waals surface area contributed by atoms with Gasteiger partial charge < -0.3 is 10.4 Å². The van der Waals surface area contributed by atoms with Gasteiger partial charge in [-0.3, -0.25) is 9.10 Å². The Morgan fingerprint density at radius 1 is 0.970 bits per heavy atom. The van der Waals surface area contributed by atoms with Gasteiger partial charge in [-0.2, -0.15) is 0 Å². The van der Waals surface area contributed by atoms with Gasteiger partial charge in [0.2, 0.25) is 5.91 Å². The Kier molecular flexibility index (Phi) is 7.40. The van der Waals surface area contributed by atoms with Crippen molar-refractivity contribution < 1.29 is 23.1 Å². The van der Waals surface area contributed by atoms with Crippen LogP contribution in [0.2, 0.25) is 5.02 Å². The van der Waals surface area contributed by atoms with E-state index in [-0.39, 0.29) is 17.0 Å². The Hall–Kier alpha value is -3.36. The molecule has 0 aliphatic rings. The average Bonchev–Trinajstić information content (AvgIpc) is 2.78. The zero-order chi connectivity index (χ0) is 24.2. The van der Waals surface area contributed by atoms with E-state index in [1.165, 1.54) is 24.3 Å². The number of hydrogen-bond donors (Lipinski definition) is 2. The molecular weight excluding hydrogens is 464 g/mol. The first-order chi connectivity index (χ1) is 15.6. The van der Waals surface area contributed by atoms with E-state index >= 15 is 0 Å². The highest BCUT2D eigenvalue weighted by Gasteiger charge is 2.28. The van der Waals surface area contributed by atoms with Crippen LogP contribution in [0.25, 0.3) is 0 Å². The van der Waals surface area contributed by atoms with Crippen molar-refractivity contribution in [3.05, 3.63) is 94.0 Å². The van der Waals surface area contributed by atoms with E-state index in [9.17, 15) is 18.0 Å². The number of anilines is 1. The van der Waals surface area contributed by atoms with Crippen molar-refractivity contribution in [1.82, 2.24) is 5.32 Å². The summed E-state index contributed by atoms with van der Waals surface area (Å²) in [6, 6.07) is 17.3. The van der Waals surface area contributed by atoms with E-state index in [0.29, 0.717) is 21.8 Å². The molecule has 0 unspecified atom stereocenters. The SMILES string of the molecule is Cc1ccc(S(=O)(=O)N(CC(=O)NCc2ccc(C(=O)O)cc2)c2cccc(Cl)c2C)cc1. The van der Waals surface area contributed by atoms with Crippen LogP contribution in [0.1, 0.15) is 27.0 Å². The van der Waals surface area contributed by atoms with Crippen molar-refractivity contribution in [1.29, 1.82) is 0 Å². The quantitative estimate of drug-likeness (QED) is 0.497. The van der Waals surface area contributed by atoms with Crippen LogP contribution in [0.3, 0.4) is 0 Å². The summed E-state index contributed by atoms with van der Waals surface area (Å²) in [5.74, 6) is -1.56. The number of halogens is 1. The molecule has 0 aromatic heterocycles. The van der Waals surface area contributed by atoms with Crippen LogP contribution in [0, 0.1) is 13.8 Å². The maximum atomic E-state index is 13.5. The van der Waals surface area contributed by atoms with E-state index in [4.69, 9.17) is 16.7 Å². The number of nitrogens with zero attached hydrogens (tertiary/aromatic N) is 1. The first-order valence-electron chi connectivity index (χ1n) is 10.0. The lowest BCUT2D eigenvalue weighted by molar-refractivity contribution is -0.119. The highest BCUT2D eigenvalue weighted by molar-refractivity contribution is 7.92. The normalized spacial score (nSPS) is 11.1. The van der Waals surface area contributed by atoms with E-state index in [1.807, 2.05) is 6.92 Å². The lowest BCUT2D eigenvalue weighted by atomic mass is 10.1. The van der Waals surface area contributed by atoms with Gasteiger partial charge in [0.15, 0.2) is 0 Å². The second kappa shape index (κ2) is 10.1. The Balaban J connectivity index is 1.86. The maximum absolute atomic E-state index is 13.5. The Morgan fingerprint density at radius 2 is 1.61 bits per heavy atom. The van der Waals surface area contributed by atoms with Gasteiger partial charge >= 0.3 is 5.97 Å². The van der Waals surface area contributed by atoms with Crippen LogP contribution >= 0.6 is 11.6 Å². The Bertz CT molecular complexity index is 1270. The van der Waals surface area contributed by atoms with Crippen molar-refractivity contribution in [2.75, 3.05) is 10.8 Å². The summed E-state index contributed by atoms with van der Waals surface area (Å²) in [5, 5.41) is 12.1. The second-order valence-corrected chi connectivity index (χ2v) is 9.76. The zero-order valence-electron chi connectivity index (χ0n) is 18.1. The number of rotatable bonds is 8. The zero-order valence-corrected chi connectivity index (χ0v) is 19.7. The molecule has 172 valence electrons. The van der Waals surface area contributed by atoms with Crippen LogP contribution in [-0.2, 0) is 21.4 Å². The van der Waals surface area contributed by atoms with Crippen molar-refractivity contribution in [3.63, 3.8) is 0 Å². The molecule has 2 N–H and O–H groups in total. The summed E-state index contributed by atoms with van der Waals surface area (Å²) < 4.78 is 28.0. The van der Waals surface area contributed by atoms with Gasteiger partial charge in [-0.15, -0.1) is 0 Å². The summed E-state index contributed by atoms with van der Waals surface area (Å²) in [5.41, 5.74) is 2.57.